The van der Waals surface area contributed by atoms with Crippen LogP contribution in [0.4, 0.5) is 0 Å². The van der Waals surface area contributed by atoms with Crippen LogP contribution in [0.2, 0.25) is 10.0 Å². The number of Topliss-reactive ketones (excluding diaryl/α,β-unsaturated/α-hetero) is 1. The van der Waals surface area contributed by atoms with Crippen LogP contribution in [0.1, 0.15) is 10.4 Å². The molecule has 0 amide bonds. The fourth-order valence-corrected chi connectivity index (χ4v) is 1.80. The Hall–Kier alpha value is -0.380. The molecule has 2 nitrogen and oxygen atoms in total. The zero-order valence-corrected chi connectivity index (χ0v) is 9.79. The number of carbonyl (C=O) groups excluding carboxylic acids is 1. The molecule has 0 aromatic heterocycles. The smallest absolute Gasteiger partial charge is 0.176 e. The lowest BCUT2D eigenvalue weighted by Crippen LogP contribution is -2.03. The molecule has 0 aliphatic carbocycles. The summed E-state index contributed by atoms with van der Waals surface area (Å²) in [5.41, 5.74) is 0.361. The lowest BCUT2D eigenvalue weighted by molar-refractivity contribution is 0.102. The normalized spacial score (nSPS) is 10.0. The van der Waals surface area contributed by atoms with Gasteiger partial charge in [0.15, 0.2) is 5.78 Å². The first kappa shape index (κ1) is 11.7. The standard InChI is InChI=1S/C9H8Cl2O2S/c1-13-9-6(8(12)4-14)2-5(10)3-7(9)11/h2-3,14H,4H2,1H3. The van der Waals surface area contributed by atoms with E-state index in [-0.39, 0.29) is 11.5 Å². The molecule has 1 aromatic carbocycles. The Labute approximate surface area is 97.6 Å². The summed E-state index contributed by atoms with van der Waals surface area (Å²) in [4.78, 5) is 11.4. The van der Waals surface area contributed by atoms with Gasteiger partial charge in [-0.05, 0) is 12.1 Å². The van der Waals surface area contributed by atoms with Gasteiger partial charge in [0.1, 0.15) is 5.75 Å². The monoisotopic (exact) mass is 250 g/mol. The molecular weight excluding hydrogens is 243 g/mol. The van der Waals surface area contributed by atoms with Crippen molar-refractivity contribution in [3.8, 4) is 5.75 Å². The number of hydrogen-bond acceptors (Lipinski definition) is 3. The summed E-state index contributed by atoms with van der Waals surface area (Å²) in [6, 6.07) is 3.04. The van der Waals surface area contributed by atoms with Crippen LogP contribution in [0.5, 0.6) is 5.75 Å². The second kappa shape index (κ2) is 4.91. The van der Waals surface area contributed by atoms with Crippen LogP contribution >= 0.6 is 35.8 Å². The van der Waals surface area contributed by atoms with Crippen LogP contribution in [0.15, 0.2) is 12.1 Å². The highest BCUT2D eigenvalue weighted by molar-refractivity contribution is 7.81. The van der Waals surface area contributed by atoms with Crippen LogP contribution in [0, 0.1) is 0 Å². The van der Waals surface area contributed by atoms with Crippen molar-refractivity contribution in [2.45, 2.75) is 0 Å². The summed E-state index contributed by atoms with van der Waals surface area (Å²) < 4.78 is 5.01. The van der Waals surface area contributed by atoms with E-state index >= 15 is 0 Å². The maximum absolute atomic E-state index is 11.4. The fourth-order valence-electron chi connectivity index (χ4n) is 1.06. The Kier molecular flexibility index (Phi) is 4.11. The molecule has 0 heterocycles. The summed E-state index contributed by atoms with van der Waals surface area (Å²) in [5.74, 6) is 0.261. The minimum absolute atomic E-state index is 0.0903. The largest absolute Gasteiger partial charge is 0.494 e. The molecule has 0 aliphatic rings. The van der Waals surface area contributed by atoms with Gasteiger partial charge < -0.3 is 4.74 Å². The van der Waals surface area contributed by atoms with Gasteiger partial charge in [-0.15, -0.1) is 0 Å². The molecule has 0 atom stereocenters. The predicted octanol–water partition coefficient (Wildman–Crippen LogP) is 3.11. The number of methoxy groups -OCH3 is 1. The highest BCUT2D eigenvalue weighted by Crippen LogP contribution is 2.32. The first-order valence-electron chi connectivity index (χ1n) is 3.77. The third kappa shape index (κ3) is 2.35. The summed E-state index contributed by atoms with van der Waals surface area (Å²) in [6.07, 6.45) is 0. The maximum Gasteiger partial charge on any atom is 0.176 e. The molecule has 0 spiro atoms. The van der Waals surface area contributed by atoms with Gasteiger partial charge in [-0.25, -0.2) is 0 Å². The fraction of sp³-hybridized carbons (Fsp3) is 0.222. The van der Waals surface area contributed by atoms with Crippen LogP contribution in [0.3, 0.4) is 0 Å². The second-order valence-electron chi connectivity index (χ2n) is 2.55. The summed E-state index contributed by atoms with van der Waals surface area (Å²) >= 11 is 15.5. The molecule has 0 unspecified atom stereocenters. The van der Waals surface area contributed by atoms with E-state index in [9.17, 15) is 4.79 Å². The number of hydrogen-bond donors (Lipinski definition) is 1. The van der Waals surface area contributed by atoms with Crippen LogP contribution in [-0.4, -0.2) is 18.6 Å². The number of ketones is 1. The number of carbonyl (C=O) groups is 1. The predicted molar refractivity (Wildman–Crippen MR) is 61.2 cm³/mol. The molecule has 0 radical (unpaired) electrons. The number of benzene rings is 1. The minimum Gasteiger partial charge on any atom is -0.494 e. The van der Waals surface area contributed by atoms with Crippen molar-refractivity contribution in [2.75, 3.05) is 12.9 Å². The highest BCUT2D eigenvalue weighted by Gasteiger charge is 2.15. The van der Waals surface area contributed by atoms with E-state index in [0.717, 1.165) is 0 Å². The molecule has 0 bridgehead atoms. The molecule has 0 N–H and O–H groups in total. The van der Waals surface area contributed by atoms with E-state index in [0.29, 0.717) is 21.4 Å². The van der Waals surface area contributed by atoms with Gasteiger partial charge in [-0.1, -0.05) is 23.2 Å². The second-order valence-corrected chi connectivity index (χ2v) is 3.71. The summed E-state index contributed by atoms with van der Waals surface area (Å²) in [5, 5.41) is 0.728. The molecule has 1 rings (SSSR count). The zero-order chi connectivity index (χ0) is 10.7. The van der Waals surface area contributed by atoms with Crippen LogP contribution in [-0.2, 0) is 0 Å². The van der Waals surface area contributed by atoms with Crippen molar-refractivity contribution in [3.05, 3.63) is 27.7 Å². The van der Waals surface area contributed by atoms with E-state index in [2.05, 4.69) is 12.6 Å². The van der Waals surface area contributed by atoms with Crippen molar-refractivity contribution in [1.82, 2.24) is 0 Å². The van der Waals surface area contributed by atoms with Gasteiger partial charge in [0.25, 0.3) is 0 Å². The van der Waals surface area contributed by atoms with E-state index in [1.807, 2.05) is 0 Å². The summed E-state index contributed by atoms with van der Waals surface area (Å²) in [7, 11) is 1.45. The lowest BCUT2D eigenvalue weighted by Gasteiger charge is -2.08. The quantitative estimate of drug-likeness (QED) is 0.659. The Morgan fingerprint density at radius 1 is 1.50 bits per heavy atom. The topological polar surface area (TPSA) is 26.3 Å². The highest BCUT2D eigenvalue weighted by atomic mass is 35.5. The van der Waals surface area contributed by atoms with Crippen molar-refractivity contribution < 1.29 is 9.53 Å². The Morgan fingerprint density at radius 3 is 2.64 bits per heavy atom. The van der Waals surface area contributed by atoms with E-state index in [1.165, 1.54) is 19.2 Å². The van der Waals surface area contributed by atoms with Gasteiger partial charge in [-0.2, -0.15) is 12.6 Å². The van der Waals surface area contributed by atoms with Crippen molar-refractivity contribution in [2.24, 2.45) is 0 Å². The van der Waals surface area contributed by atoms with Gasteiger partial charge in [0.2, 0.25) is 0 Å². The molecule has 1 aromatic rings. The number of halogens is 2. The SMILES string of the molecule is COc1c(Cl)cc(Cl)cc1C(=O)CS. The lowest BCUT2D eigenvalue weighted by atomic mass is 10.1. The Morgan fingerprint density at radius 2 is 2.14 bits per heavy atom. The first-order valence-corrected chi connectivity index (χ1v) is 5.16. The zero-order valence-electron chi connectivity index (χ0n) is 7.38. The number of rotatable bonds is 3. The van der Waals surface area contributed by atoms with Gasteiger partial charge in [0, 0.05) is 5.02 Å². The number of thiol groups is 1. The third-order valence-electron chi connectivity index (χ3n) is 1.66. The molecule has 0 aliphatic heterocycles. The van der Waals surface area contributed by atoms with Gasteiger partial charge in [0.05, 0.1) is 23.4 Å². The van der Waals surface area contributed by atoms with Crippen molar-refractivity contribution in [3.63, 3.8) is 0 Å². The molecule has 0 saturated carbocycles. The Balaban J connectivity index is 3.32. The minimum atomic E-state index is -0.172. The van der Waals surface area contributed by atoms with E-state index < -0.39 is 0 Å². The van der Waals surface area contributed by atoms with Gasteiger partial charge >= 0.3 is 0 Å². The molecule has 0 fully saturated rings. The van der Waals surface area contributed by atoms with Crippen LogP contribution in [0.25, 0.3) is 0 Å². The van der Waals surface area contributed by atoms with Crippen molar-refractivity contribution in [1.29, 1.82) is 0 Å². The molecule has 5 heteroatoms. The van der Waals surface area contributed by atoms with Crippen molar-refractivity contribution >= 4 is 41.6 Å². The average molecular weight is 251 g/mol. The molecule has 14 heavy (non-hydrogen) atoms. The molecule has 0 saturated heterocycles. The summed E-state index contributed by atoms with van der Waals surface area (Å²) in [6.45, 7) is 0. The first-order chi connectivity index (χ1) is 6.60. The van der Waals surface area contributed by atoms with Gasteiger partial charge in [-0.3, -0.25) is 4.79 Å². The Bertz CT molecular complexity index is 366. The number of ether oxygens (including phenoxy) is 1. The maximum atomic E-state index is 11.4. The average Bonchev–Trinajstić information content (AvgIpc) is 2.15. The van der Waals surface area contributed by atoms with E-state index in [1.54, 1.807) is 0 Å². The molecular formula is C9H8Cl2O2S. The third-order valence-corrected chi connectivity index (χ3v) is 2.44. The molecule has 76 valence electrons. The van der Waals surface area contributed by atoms with Crippen LogP contribution < -0.4 is 4.74 Å². The van der Waals surface area contributed by atoms with E-state index in [4.69, 9.17) is 27.9 Å².